The van der Waals surface area contributed by atoms with Crippen LogP contribution in [-0.4, -0.2) is 191 Å². The van der Waals surface area contributed by atoms with Crippen LogP contribution < -0.4 is 0 Å². The number of hydrogen-bond acceptors (Lipinski definition) is 18. The van der Waals surface area contributed by atoms with E-state index in [2.05, 4.69) is 33.8 Å². The highest BCUT2D eigenvalue weighted by Gasteiger charge is 2.73. The molecule has 25 unspecified atom stereocenters. The Balaban J connectivity index is 1.10. The zero-order valence-electron chi connectivity index (χ0n) is 40.0. The fourth-order valence-electron chi connectivity index (χ4n) is 14.7. The van der Waals surface area contributed by atoms with E-state index in [1.807, 2.05) is 20.8 Å². The van der Waals surface area contributed by atoms with E-state index in [1.54, 1.807) is 0 Å². The summed E-state index contributed by atoms with van der Waals surface area (Å²) < 4.78 is 36.6. The predicted molar refractivity (Wildman–Crippen MR) is 234 cm³/mol. The van der Waals surface area contributed by atoms with Crippen molar-refractivity contribution >= 4 is 0 Å². The molecule has 4 aliphatic carbocycles. The van der Waals surface area contributed by atoms with Gasteiger partial charge in [0.2, 0.25) is 0 Å². The molecule has 18 nitrogen and oxygen atoms in total. The highest BCUT2D eigenvalue weighted by molar-refractivity contribution is 5.21. The Morgan fingerprint density at radius 1 is 0.667 bits per heavy atom. The second-order valence-corrected chi connectivity index (χ2v) is 22.8. The molecule has 0 aromatic carbocycles. The first kappa shape index (κ1) is 52.8. The van der Waals surface area contributed by atoms with Crippen LogP contribution in [0.3, 0.4) is 0 Å². The molecule has 4 saturated carbocycles. The number of ether oxygens (including phenoxy) is 6. The average Bonchev–Trinajstić information content (AvgIpc) is 3.66. The highest BCUT2D eigenvalue weighted by atomic mass is 16.7. The van der Waals surface area contributed by atoms with Crippen LogP contribution in [0, 0.1) is 45.3 Å². The van der Waals surface area contributed by atoms with E-state index in [1.165, 1.54) is 6.92 Å². The first-order valence-electron chi connectivity index (χ1n) is 24.4. The lowest BCUT2D eigenvalue weighted by molar-refractivity contribution is -0.347. The van der Waals surface area contributed by atoms with Gasteiger partial charge in [-0.1, -0.05) is 39.3 Å². The zero-order valence-corrected chi connectivity index (χ0v) is 40.0. The first-order valence-corrected chi connectivity index (χ1v) is 24.4. The van der Waals surface area contributed by atoms with E-state index in [0.717, 1.165) is 24.8 Å². The Morgan fingerprint density at radius 3 is 1.89 bits per heavy atom. The fourth-order valence-corrected chi connectivity index (χ4v) is 14.7. The standard InChI is InChI=1S/C48H82O18/c1-22(2)10-9-14-47(8,66-43-40(60)36(56)33(53)26(19-49)63-43)24-11-15-46(7)31(24)25(51)18-29-45(46,6)16-12-28-44(4,5)30(13-17-48(28,29)21-50)65-42-39(59)37(57)34(54)27(64-42)20-61-41-38(58)35(55)32(52)23(3)62-41/h10,23-43,49-60H,9,11-21H2,1-8H3. The van der Waals surface area contributed by atoms with Crippen LogP contribution in [-0.2, 0) is 28.4 Å². The molecule has 0 aromatic rings. The lowest BCUT2D eigenvalue weighted by atomic mass is 9.34. The second-order valence-electron chi connectivity index (χ2n) is 22.8. The SMILES string of the molecule is CC(C)=CCCC(C)(OC1OC(CO)C(O)C(O)C1O)C1CCC2(C)C1C(O)CC1C3(CO)CCC(OC4OC(COC5OC(C)C(O)C(O)C5O)C(O)C(O)C4O)C(C)(C)C3CCC12C. The Labute approximate surface area is 388 Å². The molecule has 382 valence electrons. The van der Waals surface area contributed by atoms with E-state index in [-0.39, 0.29) is 35.7 Å². The minimum Gasteiger partial charge on any atom is -0.396 e. The molecule has 25 atom stereocenters. The largest absolute Gasteiger partial charge is 0.396 e. The molecule has 0 aromatic heterocycles. The summed E-state index contributed by atoms with van der Waals surface area (Å²) in [6.45, 7) is 15.2. The van der Waals surface area contributed by atoms with Crippen molar-refractivity contribution < 1.29 is 89.7 Å². The average molecular weight is 947 g/mol. The number of aliphatic hydroxyl groups is 12. The van der Waals surface area contributed by atoms with E-state index < -0.39 is 139 Å². The van der Waals surface area contributed by atoms with Crippen molar-refractivity contribution in [3.8, 4) is 0 Å². The monoisotopic (exact) mass is 947 g/mol. The summed E-state index contributed by atoms with van der Waals surface area (Å²) in [5.74, 6) is -0.631. The summed E-state index contributed by atoms with van der Waals surface area (Å²) >= 11 is 0. The smallest absolute Gasteiger partial charge is 0.187 e. The van der Waals surface area contributed by atoms with Gasteiger partial charge in [0, 0.05) is 12.0 Å². The Bertz CT molecular complexity index is 1680. The van der Waals surface area contributed by atoms with E-state index in [4.69, 9.17) is 28.4 Å². The third-order valence-corrected chi connectivity index (χ3v) is 18.8. The van der Waals surface area contributed by atoms with Gasteiger partial charge in [-0.25, -0.2) is 0 Å². The van der Waals surface area contributed by atoms with Gasteiger partial charge in [-0.2, -0.15) is 0 Å². The van der Waals surface area contributed by atoms with Crippen LogP contribution in [0.2, 0.25) is 0 Å². The van der Waals surface area contributed by atoms with Crippen molar-refractivity contribution in [2.24, 2.45) is 45.3 Å². The van der Waals surface area contributed by atoms with Gasteiger partial charge in [0.1, 0.15) is 67.1 Å². The maximum Gasteiger partial charge on any atom is 0.187 e. The third kappa shape index (κ3) is 8.79. The Kier molecular flexibility index (Phi) is 15.7. The molecule has 7 rings (SSSR count). The molecule has 3 heterocycles. The summed E-state index contributed by atoms with van der Waals surface area (Å²) in [5.41, 5.74) is -1.82. The molecular weight excluding hydrogens is 865 g/mol. The Hall–Kier alpha value is -0.980. The fraction of sp³-hybridized carbons (Fsp3) is 0.958. The van der Waals surface area contributed by atoms with Gasteiger partial charge < -0.3 is 89.7 Å². The predicted octanol–water partition coefficient (Wildman–Crippen LogP) is -0.0268. The van der Waals surface area contributed by atoms with Crippen LogP contribution in [0.4, 0.5) is 0 Å². The van der Waals surface area contributed by atoms with Crippen molar-refractivity contribution in [1.29, 1.82) is 0 Å². The van der Waals surface area contributed by atoms with Crippen LogP contribution in [0.25, 0.3) is 0 Å². The number of rotatable bonds is 13. The quantitative estimate of drug-likeness (QED) is 0.0853. The maximum absolute atomic E-state index is 12.6. The molecule has 12 N–H and O–H groups in total. The van der Waals surface area contributed by atoms with Crippen molar-refractivity contribution in [2.45, 2.75) is 223 Å². The number of hydrogen-bond donors (Lipinski definition) is 12. The maximum atomic E-state index is 12.6. The van der Waals surface area contributed by atoms with E-state index in [0.29, 0.717) is 38.5 Å². The summed E-state index contributed by atoms with van der Waals surface area (Å²) in [6.07, 6.45) is -15.0. The summed E-state index contributed by atoms with van der Waals surface area (Å²) in [7, 11) is 0. The number of fused-ring (bicyclic) bond motifs is 5. The molecule has 18 heteroatoms. The van der Waals surface area contributed by atoms with E-state index in [9.17, 15) is 61.3 Å². The highest BCUT2D eigenvalue weighted by Crippen LogP contribution is 2.76. The zero-order chi connectivity index (χ0) is 48.6. The third-order valence-electron chi connectivity index (χ3n) is 18.8. The normalized spacial score (nSPS) is 52.4. The minimum atomic E-state index is -1.68. The van der Waals surface area contributed by atoms with Crippen molar-refractivity contribution in [3.05, 3.63) is 11.6 Å². The second kappa shape index (κ2) is 19.6. The van der Waals surface area contributed by atoms with Crippen molar-refractivity contribution in [1.82, 2.24) is 0 Å². The van der Waals surface area contributed by atoms with Crippen LogP contribution in [0.15, 0.2) is 11.6 Å². The molecule has 0 radical (unpaired) electrons. The molecule has 7 aliphatic rings. The molecule has 3 saturated heterocycles. The molecule has 0 amide bonds. The van der Waals surface area contributed by atoms with Crippen LogP contribution >= 0.6 is 0 Å². The molecule has 66 heavy (non-hydrogen) atoms. The van der Waals surface area contributed by atoms with Gasteiger partial charge in [-0.15, -0.1) is 0 Å². The molecule has 0 spiro atoms. The van der Waals surface area contributed by atoms with Crippen LogP contribution in [0.5, 0.6) is 0 Å². The number of aliphatic hydroxyl groups excluding tert-OH is 12. The summed E-state index contributed by atoms with van der Waals surface area (Å²) in [6, 6.07) is 0. The Morgan fingerprint density at radius 2 is 1.26 bits per heavy atom. The number of allylic oxidation sites excluding steroid dienone is 2. The molecule has 0 bridgehead atoms. The van der Waals surface area contributed by atoms with Gasteiger partial charge >= 0.3 is 0 Å². The van der Waals surface area contributed by atoms with Gasteiger partial charge in [-0.3, -0.25) is 0 Å². The molecule has 7 fully saturated rings. The van der Waals surface area contributed by atoms with E-state index >= 15 is 0 Å². The summed E-state index contributed by atoms with van der Waals surface area (Å²) in [4.78, 5) is 0. The van der Waals surface area contributed by atoms with Gasteiger partial charge in [-0.05, 0) is 125 Å². The van der Waals surface area contributed by atoms with Crippen LogP contribution in [0.1, 0.15) is 113 Å². The topological polar surface area (TPSA) is 298 Å². The van der Waals surface area contributed by atoms with Gasteiger partial charge in [0.15, 0.2) is 18.9 Å². The minimum absolute atomic E-state index is 0.0932. The van der Waals surface area contributed by atoms with Crippen molar-refractivity contribution in [3.63, 3.8) is 0 Å². The first-order chi connectivity index (χ1) is 30.8. The molecule has 3 aliphatic heterocycles. The summed E-state index contributed by atoms with van der Waals surface area (Å²) in [5, 5.41) is 131. The lowest BCUT2D eigenvalue weighted by Crippen LogP contribution is -2.69. The molecular formula is C48H82O18. The van der Waals surface area contributed by atoms with Gasteiger partial charge in [0.05, 0.1) is 37.1 Å². The van der Waals surface area contributed by atoms with Gasteiger partial charge in [0.25, 0.3) is 0 Å². The van der Waals surface area contributed by atoms with Crippen molar-refractivity contribution in [2.75, 3.05) is 19.8 Å². The lowest BCUT2D eigenvalue weighted by Gasteiger charge is -2.71.